The molecule has 0 aromatic heterocycles. The molecule has 1 heterocycles. The number of carbonyl (C=O) groups excluding carboxylic acids is 1. The second-order valence-electron chi connectivity index (χ2n) is 5.50. The van der Waals surface area contributed by atoms with E-state index in [9.17, 15) is 9.59 Å². The van der Waals surface area contributed by atoms with Crippen molar-refractivity contribution in [2.24, 2.45) is 0 Å². The van der Waals surface area contributed by atoms with E-state index in [1.165, 1.54) is 0 Å². The fourth-order valence-electron chi connectivity index (χ4n) is 2.59. The molecule has 1 aromatic rings. The maximum absolute atomic E-state index is 12.4. The molecule has 0 atom stereocenters. The molecule has 1 saturated heterocycles. The molecule has 1 aliphatic rings. The number of aliphatic carboxylic acids is 1. The molecule has 0 saturated carbocycles. The normalized spacial score (nSPS) is 15.8. The Bertz CT molecular complexity index is 528. The smallest absolute Gasteiger partial charge is 0.303 e. The number of piperazine rings is 1. The number of hydrogen-bond acceptors (Lipinski definition) is 3. The van der Waals surface area contributed by atoms with Crippen LogP contribution in [0.5, 0.6) is 0 Å². The molecule has 0 radical (unpaired) electrons. The van der Waals surface area contributed by atoms with Gasteiger partial charge in [-0.1, -0.05) is 17.7 Å². The Morgan fingerprint density at radius 1 is 1.14 bits per heavy atom. The summed E-state index contributed by atoms with van der Waals surface area (Å²) in [7, 11) is 0. The fraction of sp³-hybridized carbons (Fsp3) is 0.500. The van der Waals surface area contributed by atoms with Gasteiger partial charge in [-0.2, -0.15) is 0 Å². The second-order valence-corrected chi connectivity index (χ2v) is 5.93. The molecule has 0 aliphatic carbocycles. The van der Waals surface area contributed by atoms with E-state index < -0.39 is 5.97 Å². The Morgan fingerprint density at radius 2 is 1.86 bits per heavy atom. The van der Waals surface area contributed by atoms with Crippen LogP contribution in [0.25, 0.3) is 0 Å². The summed E-state index contributed by atoms with van der Waals surface area (Å²) in [6, 6.07) is 7.02. The van der Waals surface area contributed by atoms with Crippen LogP contribution in [0.3, 0.4) is 0 Å². The number of carbonyl (C=O) groups is 2. The zero-order valence-electron chi connectivity index (χ0n) is 12.5. The first-order valence-electron chi connectivity index (χ1n) is 7.55. The van der Waals surface area contributed by atoms with Gasteiger partial charge in [0.2, 0.25) is 0 Å². The molecule has 0 bridgehead atoms. The Hall–Kier alpha value is -1.59. The molecule has 6 heteroatoms. The standard InChI is InChI=1S/C16H21ClN2O3/c17-14-5-3-4-13(12-14)16(22)19-10-8-18(9-11-19)7-2-1-6-15(20)21/h3-5,12H,1-2,6-11H2,(H,20,21). The van der Waals surface area contributed by atoms with Crippen molar-refractivity contribution < 1.29 is 14.7 Å². The van der Waals surface area contributed by atoms with Crippen LogP contribution in [0.15, 0.2) is 24.3 Å². The van der Waals surface area contributed by atoms with Gasteiger partial charge in [-0.25, -0.2) is 0 Å². The minimum Gasteiger partial charge on any atom is -0.481 e. The van der Waals surface area contributed by atoms with Crippen molar-refractivity contribution in [2.75, 3.05) is 32.7 Å². The monoisotopic (exact) mass is 324 g/mol. The van der Waals surface area contributed by atoms with E-state index in [0.717, 1.165) is 26.1 Å². The summed E-state index contributed by atoms with van der Waals surface area (Å²) in [5, 5.41) is 9.18. The van der Waals surface area contributed by atoms with Gasteiger partial charge in [0, 0.05) is 43.2 Å². The van der Waals surface area contributed by atoms with E-state index in [4.69, 9.17) is 16.7 Å². The first-order valence-corrected chi connectivity index (χ1v) is 7.93. The minimum atomic E-state index is -0.739. The van der Waals surface area contributed by atoms with Crippen LogP contribution in [0.2, 0.25) is 5.02 Å². The third-order valence-corrected chi connectivity index (χ3v) is 4.08. The van der Waals surface area contributed by atoms with Crippen LogP contribution in [-0.2, 0) is 4.79 Å². The molecule has 120 valence electrons. The van der Waals surface area contributed by atoms with Crippen LogP contribution in [0, 0.1) is 0 Å². The maximum Gasteiger partial charge on any atom is 0.303 e. The van der Waals surface area contributed by atoms with Gasteiger partial charge in [-0.15, -0.1) is 0 Å². The number of rotatable bonds is 6. The predicted molar refractivity (Wildman–Crippen MR) is 85.3 cm³/mol. The molecule has 1 aromatic carbocycles. The van der Waals surface area contributed by atoms with Crippen molar-refractivity contribution in [3.05, 3.63) is 34.9 Å². The van der Waals surface area contributed by atoms with E-state index in [1.54, 1.807) is 24.3 Å². The highest BCUT2D eigenvalue weighted by atomic mass is 35.5. The lowest BCUT2D eigenvalue weighted by Crippen LogP contribution is -2.48. The predicted octanol–water partition coefficient (Wildman–Crippen LogP) is 2.35. The second kappa shape index (κ2) is 8.15. The Labute approximate surface area is 135 Å². The van der Waals surface area contributed by atoms with E-state index in [0.29, 0.717) is 30.1 Å². The summed E-state index contributed by atoms with van der Waals surface area (Å²) in [6.45, 7) is 3.96. The molecule has 0 spiro atoms. The van der Waals surface area contributed by atoms with Crippen molar-refractivity contribution in [1.82, 2.24) is 9.80 Å². The Kier molecular flexibility index (Phi) is 6.21. The lowest BCUT2D eigenvalue weighted by molar-refractivity contribution is -0.137. The number of halogens is 1. The summed E-state index contributed by atoms with van der Waals surface area (Å²) in [4.78, 5) is 27.0. The average Bonchev–Trinajstić information content (AvgIpc) is 2.51. The van der Waals surface area contributed by atoms with E-state index in [-0.39, 0.29) is 12.3 Å². The van der Waals surface area contributed by atoms with Crippen molar-refractivity contribution in [3.63, 3.8) is 0 Å². The maximum atomic E-state index is 12.4. The molecule has 1 aliphatic heterocycles. The first-order chi connectivity index (χ1) is 10.6. The van der Waals surface area contributed by atoms with Crippen molar-refractivity contribution in [3.8, 4) is 0 Å². The average molecular weight is 325 g/mol. The van der Waals surface area contributed by atoms with Crippen LogP contribution < -0.4 is 0 Å². The van der Waals surface area contributed by atoms with E-state index >= 15 is 0 Å². The zero-order chi connectivity index (χ0) is 15.9. The number of nitrogens with zero attached hydrogens (tertiary/aromatic N) is 2. The van der Waals surface area contributed by atoms with Gasteiger partial charge in [-0.05, 0) is 37.6 Å². The summed E-state index contributed by atoms with van der Waals surface area (Å²) < 4.78 is 0. The summed E-state index contributed by atoms with van der Waals surface area (Å²) >= 11 is 5.92. The van der Waals surface area contributed by atoms with Crippen LogP contribution in [-0.4, -0.2) is 59.5 Å². The van der Waals surface area contributed by atoms with Gasteiger partial charge >= 0.3 is 5.97 Å². The van der Waals surface area contributed by atoms with E-state index in [1.807, 2.05) is 4.90 Å². The van der Waals surface area contributed by atoms with Gasteiger partial charge in [0.1, 0.15) is 0 Å². The number of amides is 1. The fourth-order valence-corrected chi connectivity index (χ4v) is 2.78. The van der Waals surface area contributed by atoms with Gasteiger partial charge in [0.05, 0.1) is 0 Å². The molecule has 1 amide bonds. The van der Waals surface area contributed by atoms with Gasteiger partial charge in [-0.3, -0.25) is 14.5 Å². The van der Waals surface area contributed by atoms with Gasteiger partial charge in [0.15, 0.2) is 0 Å². The summed E-state index contributed by atoms with van der Waals surface area (Å²) in [6.07, 6.45) is 1.82. The molecule has 0 unspecified atom stereocenters. The van der Waals surface area contributed by atoms with Crippen LogP contribution in [0.1, 0.15) is 29.6 Å². The SMILES string of the molecule is O=C(O)CCCCN1CCN(C(=O)c2cccc(Cl)c2)CC1. The zero-order valence-corrected chi connectivity index (χ0v) is 13.3. The molecule has 1 fully saturated rings. The molecule has 1 N–H and O–H groups in total. The largest absolute Gasteiger partial charge is 0.481 e. The molecule has 22 heavy (non-hydrogen) atoms. The van der Waals surface area contributed by atoms with Crippen molar-refractivity contribution >= 4 is 23.5 Å². The molecule has 5 nitrogen and oxygen atoms in total. The summed E-state index contributed by atoms with van der Waals surface area (Å²) in [5.74, 6) is -0.718. The van der Waals surface area contributed by atoms with Crippen LogP contribution in [0.4, 0.5) is 0 Å². The van der Waals surface area contributed by atoms with E-state index in [2.05, 4.69) is 4.90 Å². The number of unbranched alkanes of at least 4 members (excludes halogenated alkanes) is 1. The van der Waals surface area contributed by atoms with Crippen molar-refractivity contribution in [1.29, 1.82) is 0 Å². The highest BCUT2D eigenvalue weighted by Gasteiger charge is 2.21. The van der Waals surface area contributed by atoms with Crippen LogP contribution >= 0.6 is 11.6 Å². The number of benzene rings is 1. The third-order valence-electron chi connectivity index (χ3n) is 3.85. The quantitative estimate of drug-likeness (QED) is 0.816. The van der Waals surface area contributed by atoms with Gasteiger partial charge in [0.25, 0.3) is 5.91 Å². The Morgan fingerprint density at radius 3 is 2.50 bits per heavy atom. The Balaban J connectivity index is 1.75. The molecule has 2 rings (SSSR count). The first kappa shape index (κ1) is 16.8. The third kappa shape index (κ3) is 5.00. The lowest BCUT2D eigenvalue weighted by atomic mass is 10.1. The topological polar surface area (TPSA) is 60.9 Å². The molecular formula is C16H21ClN2O3. The highest BCUT2D eigenvalue weighted by Crippen LogP contribution is 2.14. The number of carboxylic acids is 1. The molecular weight excluding hydrogens is 304 g/mol. The van der Waals surface area contributed by atoms with Gasteiger partial charge < -0.3 is 10.0 Å². The number of carboxylic acid groups (broad SMARTS) is 1. The minimum absolute atomic E-state index is 0.0213. The summed E-state index contributed by atoms with van der Waals surface area (Å²) in [5.41, 5.74) is 0.627. The highest BCUT2D eigenvalue weighted by molar-refractivity contribution is 6.30. The number of hydrogen-bond donors (Lipinski definition) is 1. The van der Waals surface area contributed by atoms with Crippen molar-refractivity contribution in [2.45, 2.75) is 19.3 Å². The lowest BCUT2D eigenvalue weighted by Gasteiger charge is -2.34.